The van der Waals surface area contributed by atoms with Crippen molar-refractivity contribution in [2.45, 2.75) is 6.10 Å². The van der Waals surface area contributed by atoms with Gasteiger partial charge >= 0.3 is 5.97 Å². The van der Waals surface area contributed by atoms with Crippen LogP contribution in [0.2, 0.25) is 0 Å². The summed E-state index contributed by atoms with van der Waals surface area (Å²) in [6.45, 7) is -0.729. The second-order valence-electron chi connectivity index (χ2n) is 3.06. The van der Waals surface area contributed by atoms with Gasteiger partial charge in [-0.05, 0) is 24.3 Å². The zero-order chi connectivity index (χ0) is 13.3. The van der Waals surface area contributed by atoms with Crippen LogP contribution in [0.3, 0.4) is 0 Å². The van der Waals surface area contributed by atoms with Gasteiger partial charge in [-0.25, -0.2) is 4.79 Å². The van der Waals surface area contributed by atoms with E-state index in [4.69, 9.17) is 20.4 Å². The zero-order valence-electron chi connectivity index (χ0n) is 9.41. The number of carbonyl (C=O) groups is 1. The van der Waals surface area contributed by atoms with E-state index in [0.717, 1.165) is 0 Å². The third-order valence-electron chi connectivity index (χ3n) is 1.71. The first kappa shape index (κ1) is 15.4. The molecule has 6 heteroatoms. The fourth-order valence-electron chi connectivity index (χ4n) is 0.773. The van der Waals surface area contributed by atoms with Crippen molar-refractivity contribution in [1.29, 1.82) is 0 Å². The van der Waals surface area contributed by atoms with Crippen LogP contribution in [0.15, 0.2) is 24.3 Å². The standard InChI is InChI=1S/C8H8O3.C3H8O3/c1-11-8(10)6-2-4-7(9)5-3-6;4-1-3(6)2-5/h2-5,9H,1H3;3-6H,1-2H2. The predicted octanol–water partition coefficient (Wildman–Crippen LogP) is -0.489. The zero-order valence-corrected chi connectivity index (χ0v) is 9.41. The molecular formula is C11H16O6. The van der Waals surface area contributed by atoms with Gasteiger partial charge in [0.2, 0.25) is 0 Å². The smallest absolute Gasteiger partial charge is 0.337 e. The van der Waals surface area contributed by atoms with Crippen LogP contribution < -0.4 is 0 Å². The molecule has 0 saturated heterocycles. The Bertz CT molecular complexity index is 317. The van der Waals surface area contributed by atoms with Gasteiger partial charge in [0.1, 0.15) is 11.9 Å². The third-order valence-corrected chi connectivity index (χ3v) is 1.71. The number of rotatable bonds is 3. The van der Waals surface area contributed by atoms with Crippen molar-refractivity contribution in [3.63, 3.8) is 0 Å². The van der Waals surface area contributed by atoms with Crippen molar-refractivity contribution < 1.29 is 30.0 Å². The first-order chi connectivity index (χ1) is 8.04. The summed E-state index contributed by atoms with van der Waals surface area (Å²) in [5, 5.41) is 32.9. The van der Waals surface area contributed by atoms with Crippen LogP contribution in [-0.2, 0) is 4.74 Å². The lowest BCUT2D eigenvalue weighted by Gasteiger charge is -1.97. The van der Waals surface area contributed by atoms with Crippen LogP contribution in [0.5, 0.6) is 5.75 Å². The molecular weight excluding hydrogens is 228 g/mol. The second-order valence-corrected chi connectivity index (χ2v) is 3.06. The second kappa shape index (κ2) is 8.51. The van der Waals surface area contributed by atoms with Crippen molar-refractivity contribution in [3.8, 4) is 5.75 Å². The maximum atomic E-state index is 10.8. The molecule has 0 amide bonds. The summed E-state index contributed by atoms with van der Waals surface area (Å²) in [5.74, 6) is -0.261. The van der Waals surface area contributed by atoms with Crippen molar-refractivity contribution in [2.75, 3.05) is 20.3 Å². The van der Waals surface area contributed by atoms with Gasteiger partial charge in [0.05, 0.1) is 25.9 Å². The van der Waals surface area contributed by atoms with E-state index in [1.54, 1.807) is 0 Å². The Hall–Kier alpha value is -1.63. The fourth-order valence-corrected chi connectivity index (χ4v) is 0.773. The van der Waals surface area contributed by atoms with Gasteiger partial charge in [0.15, 0.2) is 0 Å². The molecule has 17 heavy (non-hydrogen) atoms. The monoisotopic (exact) mass is 244 g/mol. The minimum Gasteiger partial charge on any atom is -0.508 e. The van der Waals surface area contributed by atoms with Gasteiger partial charge in [-0.15, -0.1) is 0 Å². The fraction of sp³-hybridized carbons (Fsp3) is 0.364. The number of aromatic hydroxyl groups is 1. The molecule has 1 rings (SSSR count). The highest BCUT2D eigenvalue weighted by molar-refractivity contribution is 5.89. The van der Waals surface area contributed by atoms with E-state index in [9.17, 15) is 4.79 Å². The van der Waals surface area contributed by atoms with Crippen molar-refractivity contribution in [3.05, 3.63) is 29.8 Å². The number of aliphatic hydroxyl groups is 3. The Morgan fingerprint density at radius 2 is 1.71 bits per heavy atom. The van der Waals surface area contributed by atoms with Crippen LogP contribution in [-0.4, -0.2) is 52.8 Å². The number of hydrogen-bond donors (Lipinski definition) is 4. The van der Waals surface area contributed by atoms with Crippen molar-refractivity contribution in [2.24, 2.45) is 0 Å². The Morgan fingerprint density at radius 3 is 2.00 bits per heavy atom. The molecule has 0 saturated carbocycles. The van der Waals surface area contributed by atoms with Gasteiger partial charge in [-0.2, -0.15) is 0 Å². The number of hydrogen-bond acceptors (Lipinski definition) is 6. The van der Waals surface area contributed by atoms with Crippen LogP contribution >= 0.6 is 0 Å². The summed E-state index contributed by atoms with van der Waals surface area (Å²) in [7, 11) is 1.31. The van der Waals surface area contributed by atoms with Crippen LogP contribution in [0.4, 0.5) is 0 Å². The normalized spacial score (nSPS) is 9.47. The number of phenolic OH excluding ortho intramolecular Hbond substituents is 1. The number of esters is 1. The molecule has 96 valence electrons. The lowest BCUT2D eigenvalue weighted by molar-refractivity contribution is 0.0450. The van der Waals surface area contributed by atoms with Crippen LogP contribution in [0.1, 0.15) is 10.4 Å². The number of methoxy groups -OCH3 is 1. The quantitative estimate of drug-likeness (QED) is 0.534. The maximum Gasteiger partial charge on any atom is 0.337 e. The molecule has 0 spiro atoms. The Kier molecular flexibility index (Phi) is 7.70. The first-order valence-electron chi connectivity index (χ1n) is 4.82. The average molecular weight is 244 g/mol. The highest BCUT2D eigenvalue weighted by Gasteiger charge is 2.02. The molecule has 0 bridgehead atoms. The summed E-state index contributed by atoms with van der Waals surface area (Å²) in [6.07, 6.45) is -0.954. The summed E-state index contributed by atoms with van der Waals surface area (Å²) in [6, 6.07) is 5.88. The Morgan fingerprint density at radius 1 is 1.24 bits per heavy atom. The van der Waals surface area contributed by atoms with Gasteiger partial charge in [0.25, 0.3) is 0 Å². The molecule has 0 radical (unpaired) electrons. The number of ether oxygens (including phenoxy) is 1. The molecule has 0 heterocycles. The topological polar surface area (TPSA) is 107 Å². The summed E-state index contributed by atoms with van der Waals surface area (Å²) >= 11 is 0. The average Bonchev–Trinajstić information content (AvgIpc) is 2.38. The van der Waals surface area contributed by atoms with E-state index in [2.05, 4.69) is 4.74 Å². The molecule has 6 nitrogen and oxygen atoms in total. The largest absolute Gasteiger partial charge is 0.508 e. The highest BCUT2D eigenvalue weighted by Crippen LogP contribution is 2.09. The highest BCUT2D eigenvalue weighted by atomic mass is 16.5. The van der Waals surface area contributed by atoms with Crippen LogP contribution in [0.25, 0.3) is 0 Å². The minimum atomic E-state index is -0.954. The van der Waals surface area contributed by atoms with Gasteiger partial charge < -0.3 is 25.2 Å². The summed E-state index contributed by atoms with van der Waals surface area (Å²) in [5.41, 5.74) is 0.435. The maximum absolute atomic E-state index is 10.8. The molecule has 0 fully saturated rings. The number of aliphatic hydroxyl groups excluding tert-OH is 3. The van der Waals surface area contributed by atoms with E-state index >= 15 is 0 Å². The van der Waals surface area contributed by atoms with E-state index in [0.29, 0.717) is 5.56 Å². The molecule has 1 aromatic carbocycles. The van der Waals surface area contributed by atoms with E-state index < -0.39 is 12.1 Å². The molecule has 0 aliphatic rings. The molecule has 0 aliphatic carbocycles. The lowest BCUT2D eigenvalue weighted by Crippen LogP contribution is -2.15. The SMILES string of the molecule is COC(=O)c1ccc(O)cc1.OCC(O)CO. The van der Waals surface area contributed by atoms with Crippen LogP contribution in [0, 0.1) is 0 Å². The Balaban J connectivity index is 0.000000366. The van der Waals surface area contributed by atoms with E-state index in [1.165, 1.54) is 31.4 Å². The number of phenols is 1. The summed E-state index contributed by atoms with van der Waals surface area (Å²) in [4.78, 5) is 10.8. The molecule has 1 aromatic rings. The van der Waals surface area contributed by atoms with Crippen molar-refractivity contribution in [1.82, 2.24) is 0 Å². The van der Waals surface area contributed by atoms with Gasteiger partial charge in [0, 0.05) is 0 Å². The van der Waals surface area contributed by atoms with Crippen molar-refractivity contribution >= 4 is 5.97 Å². The van der Waals surface area contributed by atoms with E-state index in [1.807, 2.05) is 0 Å². The Labute approximate surface area is 98.7 Å². The number of carbonyl (C=O) groups excluding carboxylic acids is 1. The summed E-state index contributed by atoms with van der Waals surface area (Å²) < 4.78 is 4.46. The first-order valence-corrected chi connectivity index (χ1v) is 4.82. The number of benzene rings is 1. The predicted molar refractivity (Wildman–Crippen MR) is 59.6 cm³/mol. The molecule has 4 N–H and O–H groups in total. The minimum absolute atomic E-state index is 0.137. The van der Waals surface area contributed by atoms with E-state index in [-0.39, 0.29) is 19.0 Å². The van der Waals surface area contributed by atoms with Gasteiger partial charge in [-0.1, -0.05) is 0 Å². The molecule has 0 atom stereocenters. The molecule has 0 unspecified atom stereocenters. The molecule has 0 aliphatic heterocycles. The third kappa shape index (κ3) is 6.52. The molecule has 0 aromatic heterocycles. The van der Waals surface area contributed by atoms with Gasteiger partial charge in [-0.3, -0.25) is 0 Å². The lowest BCUT2D eigenvalue weighted by atomic mass is 10.2.